The van der Waals surface area contributed by atoms with Crippen LogP contribution in [0.4, 0.5) is 5.69 Å². The number of rotatable bonds is 4. The number of aromatic nitrogens is 1. The van der Waals surface area contributed by atoms with Gasteiger partial charge >= 0.3 is 5.97 Å². The molecule has 1 aromatic carbocycles. The Morgan fingerprint density at radius 1 is 1.42 bits per heavy atom. The number of nitrogens with zero attached hydrogens (tertiary/aromatic N) is 1. The lowest BCUT2D eigenvalue weighted by Gasteiger charge is -2.17. The van der Waals surface area contributed by atoms with Crippen LogP contribution < -0.4 is 5.32 Å². The minimum atomic E-state index is -0.962. The van der Waals surface area contributed by atoms with Crippen molar-refractivity contribution < 1.29 is 9.90 Å². The molecule has 1 atom stereocenters. The Balaban J connectivity index is 2.32. The Bertz CT molecular complexity index is 602. The van der Waals surface area contributed by atoms with Crippen LogP contribution in [0.1, 0.15) is 17.2 Å². The zero-order valence-corrected chi connectivity index (χ0v) is 11.1. The van der Waals surface area contributed by atoms with Crippen LogP contribution in [-0.2, 0) is 4.79 Å². The van der Waals surface area contributed by atoms with Gasteiger partial charge in [0, 0.05) is 28.7 Å². The Kier molecular flexibility index (Phi) is 4.02. The molecule has 0 aliphatic carbocycles. The van der Waals surface area contributed by atoms with Gasteiger partial charge in [-0.05, 0) is 36.8 Å². The van der Waals surface area contributed by atoms with E-state index < -0.39 is 12.0 Å². The number of aliphatic carboxylic acids is 1. The molecule has 1 unspecified atom stereocenters. The lowest BCUT2D eigenvalue weighted by atomic mass is 10.0. The highest BCUT2D eigenvalue weighted by Gasteiger charge is 2.21. The van der Waals surface area contributed by atoms with E-state index in [2.05, 4.69) is 10.3 Å². The van der Waals surface area contributed by atoms with E-state index in [1.54, 1.807) is 42.7 Å². The van der Waals surface area contributed by atoms with Gasteiger partial charge in [-0.15, -0.1) is 0 Å². The summed E-state index contributed by atoms with van der Waals surface area (Å²) in [5.74, 6) is -0.962. The quantitative estimate of drug-likeness (QED) is 0.899. The molecule has 19 heavy (non-hydrogen) atoms. The average Bonchev–Trinajstić information content (AvgIpc) is 2.37. The van der Waals surface area contributed by atoms with Crippen LogP contribution in [-0.4, -0.2) is 16.1 Å². The number of halogens is 1. The summed E-state index contributed by atoms with van der Waals surface area (Å²) in [5.41, 5.74) is 2.16. The molecule has 2 rings (SSSR count). The highest BCUT2D eigenvalue weighted by molar-refractivity contribution is 6.30. The van der Waals surface area contributed by atoms with E-state index in [1.165, 1.54) is 0 Å². The van der Waals surface area contributed by atoms with Gasteiger partial charge in [0.05, 0.1) is 0 Å². The number of hydrogen-bond donors (Lipinski definition) is 2. The summed E-state index contributed by atoms with van der Waals surface area (Å²) in [6.07, 6.45) is 3.20. The number of carboxylic acid groups (broad SMARTS) is 1. The Labute approximate surface area is 116 Å². The Morgan fingerprint density at radius 2 is 2.21 bits per heavy atom. The largest absolute Gasteiger partial charge is 0.479 e. The first-order chi connectivity index (χ1) is 9.08. The van der Waals surface area contributed by atoms with Crippen molar-refractivity contribution in [3.8, 4) is 0 Å². The van der Waals surface area contributed by atoms with Gasteiger partial charge in [0.25, 0.3) is 0 Å². The van der Waals surface area contributed by atoms with Crippen molar-refractivity contribution in [3.05, 3.63) is 58.9 Å². The average molecular weight is 277 g/mol. The first-order valence-corrected chi connectivity index (χ1v) is 6.11. The number of aryl methyl sites for hydroxylation is 1. The van der Waals surface area contributed by atoms with Crippen molar-refractivity contribution >= 4 is 23.3 Å². The van der Waals surface area contributed by atoms with Crippen LogP contribution in [0.25, 0.3) is 0 Å². The van der Waals surface area contributed by atoms with Gasteiger partial charge < -0.3 is 10.4 Å². The van der Waals surface area contributed by atoms with Crippen molar-refractivity contribution in [2.24, 2.45) is 0 Å². The summed E-state index contributed by atoms with van der Waals surface area (Å²) in [4.78, 5) is 15.4. The number of carboxylic acids is 1. The van der Waals surface area contributed by atoms with E-state index in [1.807, 2.05) is 6.92 Å². The molecule has 0 amide bonds. The normalized spacial score (nSPS) is 11.9. The summed E-state index contributed by atoms with van der Waals surface area (Å²) in [6.45, 7) is 1.85. The fourth-order valence-corrected chi connectivity index (χ4v) is 1.99. The van der Waals surface area contributed by atoms with Gasteiger partial charge in [-0.1, -0.05) is 17.7 Å². The molecular formula is C14H13ClN2O2. The second-order valence-corrected chi connectivity index (χ2v) is 4.59. The standard InChI is InChI=1S/C14H13ClN2O2/c1-9-5-6-16-8-12(9)13(14(18)19)17-11-4-2-3-10(15)7-11/h2-8,13,17H,1H3,(H,18,19). The lowest BCUT2D eigenvalue weighted by molar-refractivity contribution is -0.138. The number of nitrogens with one attached hydrogen (secondary N) is 1. The van der Waals surface area contributed by atoms with Gasteiger partial charge in [0.15, 0.2) is 6.04 Å². The molecule has 0 fully saturated rings. The maximum atomic E-state index is 11.4. The van der Waals surface area contributed by atoms with Gasteiger partial charge in [-0.25, -0.2) is 4.79 Å². The monoisotopic (exact) mass is 276 g/mol. The van der Waals surface area contributed by atoms with E-state index in [0.29, 0.717) is 16.3 Å². The van der Waals surface area contributed by atoms with Gasteiger partial charge in [0.1, 0.15) is 0 Å². The summed E-state index contributed by atoms with van der Waals surface area (Å²) in [7, 11) is 0. The highest BCUT2D eigenvalue weighted by atomic mass is 35.5. The predicted molar refractivity (Wildman–Crippen MR) is 74.4 cm³/mol. The highest BCUT2D eigenvalue weighted by Crippen LogP contribution is 2.23. The van der Waals surface area contributed by atoms with E-state index >= 15 is 0 Å². The Morgan fingerprint density at radius 3 is 2.84 bits per heavy atom. The third kappa shape index (κ3) is 3.23. The molecule has 0 radical (unpaired) electrons. The minimum Gasteiger partial charge on any atom is -0.479 e. The van der Waals surface area contributed by atoms with Gasteiger partial charge in [-0.3, -0.25) is 4.98 Å². The second kappa shape index (κ2) is 5.71. The van der Waals surface area contributed by atoms with Crippen molar-refractivity contribution in [2.45, 2.75) is 13.0 Å². The molecule has 4 nitrogen and oxygen atoms in total. The van der Waals surface area contributed by atoms with Crippen LogP contribution in [0, 0.1) is 6.92 Å². The minimum absolute atomic E-state index is 0.553. The SMILES string of the molecule is Cc1ccncc1C(Nc1cccc(Cl)c1)C(=O)O. The zero-order chi connectivity index (χ0) is 13.8. The summed E-state index contributed by atoms with van der Waals surface area (Å²) in [6, 6.07) is 7.88. The lowest BCUT2D eigenvalue weighted by Crippen LogP contribution is -2.21. The van der Waals surface area contributed by atoms with Crippen molar-refractivity contribution in [3.63, 3.8) is 0 Å². The number of hydrogen-bond acceptors (Lipinski definition) is 3. The molecule has 0 saturated carbocycles. The fraction of sp³-hybridized carbons (Fsp3) is 0.143. The zero-order valence-electron chi connectivity index (χ0n) is 10.3. The fourth-order valence-electron chi connectivity index (χ4n) is 1.80. The summed E-state index contributed by atoms with van der Waals surface area (Å²) >= 11 is 5.89. The van der Waals surface area contributed by atoms with E-state index in [9.17, 15) is 9.90 Å². The topological polar surface area (TPSA) is 62.2 Å². The smallest absolute Gasteiger partial charge is 0.330 e. The van der Waals surface area contributed by atoms with E-state index in [0.717, 1.165) is 5.56 Å². The predicted octanol–water partition coefficient (Wildman–Crippen LogP) is 3.28. The van der Waals surface area contributed by atoms with Crippen LogP contribution in [0.2, 0.25) is 5.02 Å². The molecule has 1 aromatic heterocycles. The van der Waals surface area contributed by atoms with Gasteiger partial charge in [0.2, 0.25) is 0 Å². The molecule has 0 aliphatic rings. The maximum absolute atomic E-state index is 11.4. The summed E-state index contributed by atoms with van der Waals surface area (Å²) in [5, 5.41) is 12.9. The molecule has 98 valence electrons. The van der Waals surface area contributed by atoms with Crippen LogP contribution >= 0.6 is 11.6 Å². The second-order valence-electron chi connectivity index (χ2n) is 4.16. The number of carbonyl (C=O) groups is 1. The third-order valence-corrected chi connectivity index (χ3v) is 3.01. The first-order valence-electron chi connectivity index (χ1n) is 5.73. The number of benzene rings is 1. The maximum Gasteiger partial charge on any atom is 0.330 e. The first kappa shape index (κ1) is 13.4. The number of pyridine rings is 1. The Hall–Kier alpha value is -2.07. The number of anilines is 1. The van der Waals surface area contributed by atoms with E-state index in [4.69, 9.17) is 11.6 Å². The molecule has 2 N–H and O–H groups in total. The molecule has 0 bridgehead atoms. The van der Waals surface area contributed by atoms with Crippen molar-refractivity contribution in [2.75, 3.05) is 5.32 Å². The van der Waals surface area contributed by atoms with Crippen molar-refractivity contribution in [1.29, 1.82) is 0 Å². The van der Waals surface area contributed by atoms with E-state index in [-0.39, 0.29) is 0 Å². The van der Waals surface area contributed by atoms with Crippen LogP contribution in [0.5, 0.6) is 0 Å². The molecular weight excluding hydrogens is 264 g/mol. The molecule has 2 aromatic rings. The molecule has 0 spiro atoms. The molecule has 0 aliphatic heterocycles. The van der Waals surface area contributed by atoms with Crippen LogP contribution in [0.15, 0.2) is 42.7 Å². The molecule has 5 heteroatoms. The summed E-state index contributed by atoms with van der Waals surface area (Å²) < 4.78 is 0. The third-order valence-electron chi connectivity index (χ3n) is 2.77. The molecule has 0 saturated heterocycles. The van der Waals surface area contributed by atoms with Crippen molar-refractivity contribution in [1.82, 2.24) is 4.98 Å². The van der Waals surface area contributed by atoms with Crippen LogP contribution in [0.3, 0.4) is 0 Å². The molecule has 1 heterocycles. The van der Waals surface area contributed by atoms with Gasteiger partial charge in [-0.2, -0.15) is 0 Å².